The lowest BCUT2D eigenvalue weighted by Crippen LogP contribution is -2.32. The number of alkyl halides is 1. The van der Waals surface area contributed by atoms with Gasteiger partial charge in [0.05, 0.1) is 12.2 Å². The molecule has 1 aromatic carbocycles. The predicted molar refractivity (Wildman–Crippen MR) is 92.8 cm³/mol. The average molecular weight is 417 g/mol. The van der Waals surface area contributed by atoms with Gasteiger partial charge in [-0.25, -0.2) is 19.6 Å². The molecule has 0 bridgehead atoms. The first kappa shape index (κ1) is 17.1. The number of pyridine rings is 1. The molecule has 2 aromatic rings. The van der Waals surface area contributed by atoms with E-state index < -0.39 is 0 Å². The second-order valence-corrected chi connectivity index (χ2v) is 6.57. The predicted octanol–water partition coefficient (Wildman–Crippen LogP) is 4.43. The van der Waals surface area contributed by atoms with Crippen molar-refractivity contribution in [3.05, 3.63) is 58.8 Å². The molecule has 0 aliphatic carbocycles. The summed E-state index contributed by atoms with van der Waals surface area (Å²) in [6.45, 7) is 3.77. The minimum atomic E-state index is -0.354. The van der Waals surface area contributed by atoms with Gasteiger partial charge in [-0.05, 0) is 25.5 Å². The number of aryl methyl sites for hydroxylation is 1. The van der Waals surface area contributed by atoms with E-state index in [4.69, 9.17) is 5.84 Å². The normalized spacial score (nSPS) is 12.3. The quantitative estimate of drug-likeness (QED) is 0.339. The molecular weight excluding hydrogens is 399 g/mol. The molecule has 0 spiro atoms. The number of hydrogen-bond acceptors (Lipinski definition) is 3. The van der Waals surface area contributed by atoms with Crippen LogP contribution < -0.4 is 10.9 Å². The van der Waals surface area contributed by atoms with Gasteiger partial charge in [0.1, 0.15) is 17.5 Å². The zero-order valence-electron chi connectivity index (χ0n) is 12.5. The first-order valence-electron chi connectivity index (χ1n) is 7.00. The summed E-state index contributed by atoms with van der Waals surface area (Å²) in [4.78, 5) is 4.27. The summed E-state index contributed by atoms with van der Waals surface area (Å²) in [6.07, 6.45) is 0.825. The Hall–Kier alpha value is -1.28. The van der Waals surface area contributed by atoms with Gasteiger partial charge < -0.3 is 0 Å². The summed E-state index contributed by atoms with van der Waals surface area (Å²) >= 11 is 2.23. The first-order chi connectivity index (χ1) is 10.4. The Balaban J connectivity index is 2.38. The van der Waals surface area contributed by atoms with E-state index in [1.54, 1.807) is 25.1 Å². The molecular formula is C16H18F2IN3. The van der Waals surface area contributed by atoms with Crippen molar-refractivity contribution in [3.8, 4) is 0 Å². The molecule has 118 valence electrons. The molecule has 0 amide bonds. The summed E-state index contributed by atoms with van der Waals surface area (Å²) in [6, 6.07) is 7.92. The Morgan fingerprint density at radius 1 is 1.27 bits per heavy atom. The Morgan fingerprint density at radius 2 is 1.95 bits per heavy atom. The Bertz CT molecular complexity index is 664. The third-order valence-corrected chi connectivity index (χ3v) is 4.98. The largest absolute Gasteiger partial charge is 0.290 e. The summed E-state index contributed by atoms with van der Waals surface area (Å²) < 4.78 is 27.7. The Morgan fingerprint density at radius 3 is 2.59 bits per heavy atom. The summed E-state index contributed by atoms with van der Waals surface area (Å²) in [5.74, 6) is 5.90. The molecule has 1 atom stereocenters. The molecule has 22 heavy (non-hydrogen) atoms. The van der Waals surface area contributed by atoms with Crippen LogP contribution in [0, 0.1) is 18.6 Å². The zero-order valence-corrected chi connectivity index (χ0v) is 14.6. The number of anilines is 1. The van der Waals surface area contributed by atoms with E-state index in [-0.39, 0.29) is 27.8 Å². The maximum absolute atomic E-state index is 13.8. The van der Waals surface area contributed by atoms with Crippen LogP contribution in [0.2, 0.25) is 0 Å². The molecule has 3 nitrogen and oxygen atoms in total. The molecule has 1 aromatic heterocycles. The molecule has 0 fully saturated rings. The Kier molecular flexibility index (Phi) is 5.69. The van der Waals surface area contributed by atoms with Gasteiger partial charge in [0.15, 0.2) is 0 Å². The van der Waals surface area contributed by atoms with E-state index in [0.717, 1.165) is 12.0 Å². The molecule has 2 rings (SSSR count). The number of nitrogens with zero attached hydrogens (tertiary/aromatic N) is 2. The fourth-order valence-electron chi connectivity index (χ4n) is 2.15. The van der Waals surface area contributed by atoms with Crippen molar-refractivity contribution in [3.63, 3.8) is 0 Å². The topological polar surface area (TPSA) is 42.2 Å². The highest BCUT2D eigenvalue weighted by Crippen LogP contribution is 2.34. The second-order valence-electron chi connectivity index (χ2n) is 5.06. The van der Waals surface area contributed by atoms with E-state index in [9.17, 15) is 8.78 Å². The Labute approximate surface area is 142 Å². The van der Waals surface area contributed by atoms with Crippen LogP contribution in [0.3, 0.4) is 0 Å². The van der Waals surface area contributed by atoms with Gasteiger partial charge in [0.2, 0.25) is 0 Å². The number of benzene rings is 1. The van der Waals surface area contributed by atoms with Crippen LogP contribution >= 0.6 is 22.6 Å². The highest BCUT2D eigenvalue weighted by molar-refractivity contribution is 14.1. The van der Waals surface area contributed by atoms with Crippen LogP contribution in [0.15, 0.2) is 30.3 Å². The van der Waals surface area contributed by atoms with E-state index in [1.807, 2.05) is 6.92 Å². The smallest absolute Gasteiger partial charge is 0.147 e. The third kappa shape index (κ3) is 3.73. The monoisotopic (exact) mass is 417 g/mol. The highest BCUT2D eigenvalue weighted by atomic mass is 127. The van der Waals surface area contributed by atoms with Crippen LogP contribution in [0.5, 0.6) is 0 Å². The van der Waals surface area contributed by atoms with Crippen LogP contribution in [-0.4, -0.2) is 4.98 Å². The summed E-state index contributed by atoms with van der Waals surface area (Å²) in [7, 11) is 0. The number of halogens is 3. The van der Waals surface area contributed by atoms with Gasteiger partial charge in [-0.1, -0.05) is 47.7 Å². The molecule has 6 heteroatoms. The van der Waals surface area contributed by atoms with Gasteiger partial charge in [0.25, 0.3) is 0 Å². The number of hydrazine groups is 1. The number of aromatic nitrogens is 1. The second kappa shape index (κ2) is 7.32. The van der Waals surface area contributed by atoms with Crippen molar-refractivity contribution in [2.75, 3.05) is 5.01 Å². The summed E-state index contributed by atoms with van der Waals surface area (Å²) in [5, 5.41) is 1.38. The van der Waals surface area contributed by atoms with E-state index in [0.29, 0.717) is 11.4 Å². The molecule has 2 N–H and O–H groups in total. The average Bonchev–Trinajstić information content (AvgIpc) is 2.51. The number of hydrogen-bond donors (Lipinski definition) is 1. The minimum absolute atomic E-state index is 0.0851. The maximum atomic E-state index is 13.8. The van der Waals surface area contributed by atoms with E-state index in [2.05, 4.69) is 27.6 Å². The molecule has 0 aliphatic rings. The van der Waals surface area contributed by atoms with Crippen molar-refractivity contribution >= 4 is 28.4 Å². The zero-order chi connectivity index (χ0) is 16.3. The molecule has 1 heterocycles. The lowest BCUT2D eigenvalue weighted by atomic mass is 10.1. The molecule has 0 saturated carbocycles. The van der Waals surface area contributed by atoms with Crippen LogP contribution in [0.4, 0.5) is 14.6 Å². The standard InChI is InChI=1S/C16H18F2IN3/c1-3-15(19)12-8-14(18)10(2)21-16(12)22(20)9-11-6-4-5-7-13(11)17/h4-8,15H,3,9,20H2,1-2H3. The molecule has 0 aliphatic heterocycles. The van der Waals surface area contributed by atoms with Crippen molar-refractivity contribution in [2.24, 2.45) is 5.84 Å². The van der Waals surface area contributed by atoms with Crippen molar-refractivity contribution in [2.45, 2.75) is 30.7 Å². The molecule has 0 radical (unpaired) electrons. The van der Waals surface area contributed by atoms with Gasteiger partial charge in [0, 0.05) is 15.1 Å². The van der Waals surface area contributed by atoms with Gasteiger partial charge in [-0.2, -0.15) is 0 Å². The highest BCUT2D eigenvalue weighted by Gasteiger charge is 2.19. The minimum Gasteiger partial charge on any atom is -0.290 e. The summed E-state index contributed by atoms with van der Waals surface area (Å²) in [5.41, 5.74) is 1.48. The lowest BCUT2D eigenvalue weighted by molar-refractivity contribution is 0.597. The number of nitrogens with two attached hydrogens (primary N) is 1. The third-order valence-electron chi connectivity index (χ3n) is 3.43. The molecule has 0 saturated heterocycles. The SMILES string of the molecule is CCC(I)c1cc(F)c(C)nc1N(N)Cc1ccccc1F. The van der Waals surface area contributed by atoms with Gasteiger partial charge >= 0.3 is 0 Å². The van der Waals surface area contributed by atoms with Crippen LogP contribution in [-0.2, 0) is 6.54 Å². The first-order valence-corrected chi connectivity index (χ1v) is 8.25. The van der Waals surface area contributed by atoms with Crippen LogP contribution in [0.1, 0.15) is 34.1 Å². The van der Waals surface area contributed by atoms with Crippen molar-refractivity contribution < 1.29 is 8.78 Å². The van der Waals surface area contributed by atoms with Crippen molar-refractivity contribution in [1.82, 2.24) is 4.98 Å². The van der Waals surface area contributed by atoms with Gasteiger partial charge in [-0.3, -0.25) is 5.01 Å². The molecule has 1 unspecified atom stereocenters. The van der Waals surface area contributed by atoms with E-state index in [1.165, 1.54) is 17.1 Å². The fraction of sp³-hybridized carbons (Fsp3) is 0.312. The van der Waals surface area contributed by atoms with E-state index >= 15 is 0 Å². The fourth-order valence-corrected chi connectivity index (χ4v) is 2.61. The van der Waals surface area contributed by atoms with Gasteiger partial charge in [-0.15, -0.1) is 0 Å². The van der Waals surface area contributed by atoms with Crippen molar-refractivity contribution in [1.29, 1.82) is 0 Å². The maximum Gasteiger partial charge on any atom is 0.147 e. The van der Waals surface area contributed by atoms with Crippen LogP contribution in [0.25, 0.3) is 0 Å². The number of rotatable bonds is 5. The lowest BCUT2D eigenvalue weighted by Gasteiger charge is -2.23.